The molecule has 0 aromatic heterocycles. The van der Waals surface area contributed by atoms with Crippen molar-refractivity contribution < 1.29 is 29.4 Å². The molecule has 13 nitrogen and oxygen atoms in total. The number of amides is 3. The lowest BCUT2D eigenvalue weighted by atomic mass is 9.98. The Morgan fingerprint density at radius 3 is 2.11 bits per heavy atom. The maximum Gasteiger partial charge on any atom is 0.326 e. The van der Waals surface area contributed by atoms with Crippen molar-refractivity contribution in [3.8, 4) is 5.75 Å². The molecule has 5 unspecified atom stereocenters. The van der Waals surface area contributed by atoms with Crippen LogP contribution in [0.4, 0.5) is 0 Å². The molecule has 0 bridgehead atoms. The third-order valence-corrected chi connectivity index (χ3v) is 6.27. The van der Waals surface area contributed by atoms with Crippen LogP contribution in [0.5, 0.6) is 5.75 Å². The Balaban J connectivity index is 2.98. The average Bonchev–Trinajstić information content (AvgIpc) is 2.87. The van der Waals surface area contributed by atoms with Crippen molar-refractivity contribution in [3.05, 3.63) is 29.8 Å². The first-order valence-corrected chi connectivity index (χ1v) is 12.9. The Morgan fingerprint density at radius 2 is 1.58 bits per heavy atom. The summed E-state index contributed by atoms with van der Waals surface area (Å²) in [7, 11) is 0. The van der Waals surface area contributed by atoms with E-state index in [1.807, 2.05) is 0 Å². The van der Waals surface area contributed by atoms with Crippen LogP contribution in [-0.2, 0) is 25.6 Å². The summed E-state index contributed by atoms with van der Waals surface area (Å²) in [5.41, 5.74) is 17.0. The molecule has 0 radical (unpaired) electrons. The fraction of sp³-hybridized carbons (Fsp3) is 0.542. The molecular weight excluding hydrogens is 514 g/mol. The average molecular weight is 554 g/mol. The topological polar surface area (TPSA) is 235 Å². The lowest BCUT2D eigenvalue weighted by Crippen LogP contribution is -2.58. The quantitative estimate of drug-likeness (QED) is 0.0518. The first-order chi connectivity index (χ1) is 17.9. The molecule has 0 fully saturated rings. The van der Waals surface area contributed by atoms with E-state index in [1.165, 1.54) is 12.1 Å². The van der Waals surface area contributed by atoms with E-state index < -0.39 is 47.9 Å². The van der Waals surface area contributed by atoms with Gasteiger partial charge < -0.3 is 43.4 Å². The van der Waals surface area contributed by atoms with Gasteiger partial charge in [-0.15, -0.1) is 0 Å². The monoisotopic (exact) mass is 553 g/mol. The number of carboxylic acids is 1. The number of phenolic OH excluding ortho intramolecular Hbond substituents is 1. The number of nitrogens with two attached hydrogens (primary N) is 3. The molecule has 0 aliphatic carbocycles. The number of benzene rings is 1. The minimum absolute atomic E-state index is 0.00222. The molecule has 11 N–H and O–H groups in total. The van der Waals surface area contributed by atoms with Crippen LogP contribution < -0.4 is 33.2 Å². The van der Waals surface area contributed by atoms with Gasteiger partial charge in [-0.1, -0.05) is 32.4 Å². The number of carboxylic acid groups (broad SMARTS) is 1. The highest BCUT2D eigenvalue weighted by Gasteiger charge is 2.31. The molecule has 212 valence electrons. The molecule has 1 aromatic carbocycles. The molecule has 14 heteroatoms. The van der Waals surface area contributed by atoms with Crippen LogP contribution in [0, 0.1) is 5.92 Å². The second-order valence-electron chi connectivity index (χ2n) is 8.94. The molecule has 1 rings (SSSR count). The largest absolute Gasteiger partial charge is 0.508 e. The summed E-state index contributed by atoms with van der Waals surface area (Å²) in [5, 5.41) is 26.7. The number of aliphatic carboxylic acids is 1. The molecule has 0 heterocycles. The van der Waals surface area contributed by atoms with Crippen molar-refractivity contribution >= 4 is 42.3 Å². The fourth-order valence-electron chi connectivity index (χ4n) is 3.41. The molecule has 3 amide bonds. The summed E-state index contributed by atoms with van der Waals surface area (Å²) in [6.07, 6.45) is 1.22. The van der Waals surface area contributed by atoms with Crippen molar-refractivity contribution in [2.75, 3.05) is 12.3 Å². The van der Waals surface area contributed by atoms with Crippen LogP contribution in [0.3, 0.4) is 0 Å². The summed E-state index contributed by atoms with van der Waals surface area (Å²) < 4.78 is 0. The van der Waals surface area contributed by atoms with Crippen LogP contribution >= 0.6 is 12.6 Å². The van der Waals surface area contributed by atoms with E-state index in [9.17, 15) is 29.4 Å². The predicted molar refractivity (Wildman–Crippen MR) is 146 cm³/mol. The number of hydrogen-bond acceptors (Lipinski definition) is 8. The van der Waals surface area contributed by atoms with Crippen LogP contribution in [0.1, 0.15) is 38.7 Å². The molecular formula is C24H39N7O6S. The van der Waals surface area contributed by atoms with Gasteiger partial charge in [0.1, 0.15) is 23.9 Å². The predicted octanol–water partition coefficient (Wildman–Crippen LogP) is -1.17. The van der Waals surface area contributed by atoms with Gasteiger partial charge in [-0.3, -0.25) is 19.4 Å². The Labute approximate surface area is 227 Å². The number of thiol groups is 1. The van der Waals surface area contributed by atoms with Gasteiger partial charge in [0.2, 0.25) is 17.7 Å². The van der Waals surface area contributed by atoms with Gasteiger partial charge in [-0.05, 0) is 36.5 Å². The van der Waals surface area contributed by atoms with Crippen molar-refractivity contribution in [1.29, 1.82) is 0 Å². The van der Waals surface area contributed by atoms with Crippen LogP contribution in [0.25, 0.3) is 0 Å². The van der Waals surface area contributed by atoms with Crippen molar-refractivity contribution in [2.45, 2.75) is 63.7 Å². The lowest BCUT2D eigenvalue weighted by molar-refractivity contribution is -0.143. The molecule has 1 aromatic rings. The summed E-state index contributed by atoms with van der Waals surface area (Å²) in [6, 6.07) is 1.62. The molecule has 38 heavy (non-hydrogen) atoms. The first kappa shape index (κ1) is 32.5. The third-order valence-electron chi connectivity index (χ3n) is 5.91. The van der Waals surface area contributed by atoms with Crippen molar-refractivity contribution in [3.63, 3.8) is 0 Å². The van der Waals surface area contributed by atoms with Gasteiger partial charge in [-0.25, -0.2) is 4.79 Å². The van der Waals surface area contributed by atoms with E-state index in [-0.39, 0.29) is 36.2 Å². The number of nitrogens with one attached hydrogen (secondary N) is 3. The zero-order valence-electron chi connectivity index (χ0n) is 21.6. The standard InChI is InChI=1S/C24H39N7O6S/c1-3-13(2)19(23(36)37)31-21(34)17(11-14-6-8-15(32)9-7-14)29-22(35)18(12-38)30-20(33)16(25)5-4-10-28-24(26)27/h6-9,13,16-19,32,38H,3-5,10-12,25H2,1-2H3,(H,29,35)(H,30,33)(H,31,34)(H,36,37)(H4,26,27,28). The molecule has 0 saturated heterocycles. The number of guanidine groups is 1. The summed E-state index contributed by atoms with van der Waals surface area (Å²) in [6.45, 7) is 3.79. The summed E-state index contributed by atoms with van der Waals surface area (Å²) in [4.78, 5) is 54.2. The van der Waals surface area contributed by atoms with Crippen molar-refractivity contribution in [2.24, 2.45) is 28.1 Å². The zero-order chi connectivity index (χ0) is 28.8. The Bertz CT molecular complexity index is 972. The normalized spacial score (nSPS) is 14.7. The maximum absolute atomic E-state index is 13.1. The van der Waals surface area contributed by atoms with Gasteiger partial charge in [0.05, 0.1) is 6.04 Å². The fourth-order valence-corrected chi connectivity index (χ4v) is 3.67. The second kappa shape index (κ2) is 16.3. The smallest absolute Gasteiger partial charge is 0.326 e. The van der Waals surface area contributed by atoms with Crippen molar-refractivity contribution in [1.82, 2.24) is 16.0 Å². The highest BCUT2D eigenvalue weighted by molar-refractivity contribution is 7.80. The number of carbonyl (C=O) groups excluding carboxylic acids is 3. The zero-order valence-corrected chi connectivity index (χ0v) is 22.5. The number of aliphatic imine (C=N–C) groups is 1. The Kier molecular flexibility index (Phi) is 14.0. The molecule has 0 aliphatic rings. The maximum atomic E-state index is 13.1. The third kappa shape index (κ3) is 11.3. The van der Waals surface area contributed by atoms with Gasteiger partial charge in [0, 0.05) is 18.7 Å². The lowest BCUT2D eigenvalue weighted by Gasteiger charge is -2.26. The minimum atomic E-state index is -1.20. The molecule has 0 spiro atoms. The van der Waals surface area contributed by atoms with Crippen LogP contribution in [-0.4, -0.2) is 76.3 Å². The number of phenols is 1. The number of aromatic hydroxyl groups is 1. The molecule has 0 aliphatic heterocycles. The molecule has 0 saturated carbocycles. The van der Waals surface area contributed by atoms with E-state index >= 15 is 0 Å². The number of rotatable bonds is 16. The highest BCUT2D eigenvalue weighted by atomic mass is 32.1. The van der Waals surface area contributed by atoms with Gasteiger partial charge in [-0.2, -0.15) is 12.6 Å². The van der Waals surface area contributed by atoms with E-state index in [0.29, 0.717) is 24.9 Å². The molecule has 5 atom stereocenters. The van der Waals surface area contributed by atoms with Crippen LogP contribution in [0.15, 0.2) is 29.3 Å². The SMILES string of the molecule is CCC(C)C(NC(=O)C(Cc1ccc(O)cc1)NC(=O)C(CS)NC(=O)C(N)CCCN=C(N)N)C(=O)O. The number of hydrogen-bond donors (Lipinski definition) is 9. The summed E-state index contributed by atoms with van der Waals surface area (Å²) in [5.74, 6) is -3.69. The van der Waals surface area contributed by atoms with Gasteiger partial charge in [0.15, 0.2) is 5.96 Å². The minimum Gasteiger partial charge on any atom is -0.508 e. The van der Waals surface area contributed by atoms with E-state index in [1.54, 1.807) is 26.0 Å². The van der Waals surface area contributed by atoms with Gasteiger partial charge in [0.25, 0.3) is 0 Å². The Morgan fingerprint density at radius 1 is 1.00 bits per heavy atom. The summed E-state index contributed by atoms with van der Waals surface area (Å²) >= 11 is 4.14. The first-order valence-electron chi connectivity index (χ1n) is 12.2. The number of nitrogens with zero attached hydrogens (tertiary/aromatic N) is 1. The van der Waals surface area contributed by atoms with Crippen LogP contribution in [0.2, 0.25) is 0 Å². The Hall–Kier alpha value is -3.52. The van der Waals surface area contributed by atoms with Gasteiger partial charge >= 0.3 is 5.97 Å². The highest BCUT2D eigenvalue weighted by Crippen LogP contribution is 2.13. The van der Waals surface area contributed by atoms with E-state index in [0.717, 1.165) is 0 Å². The van der Waals surface area contributed by atoms with E-state index in [2.05, 4.69) is 33.6 Å². The number of carbonyl (C=O) groups is 4. The second-order valence-corrected chi connectivity index (χ2v) is 9.31. The van der Waals surface area contributed by atoms with E-state index in [4.69, 9.17) is 17.2 Å².